The van der Waals surface area contributed by atoms with Gasteiger partial charge in [0.25, 0.3) is 0 Å². The van der Waals surface area contributed by atoms with Crippen molar-refractivity contribution in [3.63, 3.8) is 0 Å². The number of rotatable bonds is 3. The van der Waals surface area contributed by atoms with Gasteiger partial charge in [-0.05, 0) is 19.6 Å². The first kappa shape index (κ1) is 32.2. The normalized spacial score (nSPS) is 8.43. The van der Waals surface area contributed by atoms with Gasteiger partial charge >= 0.3 is 0 Å². The van der Waals surface area contributed by atoms with Crippen molar-refractivity contribution in [2.24, 2.45) is 0 Å². The molecule has 0 saturated carbocycles. The Morgan fingerprint density at radius 2 is 0.568 bits per heavy atom. The van der Waals surface area contributed by atoms with Gasteiger partial charge in [0.2, 0.25) is 0 Å². The number of aromatic nitrogens is 12. The monoisotopic (exact) mass is 509 g/mol. The van der Waals surface area contributed by atoms with Crippen LogP contribution in [0.4, 0.5) is 0 Å². The van der Waals surface area contributed by atoms with Crippen molar-refractivity contribution in [2.45, 2.75) is 20.8 Å². The molecule has 6 rings (SSSR count). The van der Waals surface area contributed by atoms with E-state index in [4.69, 9.17) is 0 Å². The van der Waals surface area contributed by atoms with E-state index in [9.17, 15) is 0 Å². The second-order valence-corrected chi connectivity index (χ2v) is 6.18. The summed E-state index contributed by atoms with van der Waals surface area (Å²) in [7, 11) is 0. The molecule has 0 saturated heterocycles. The summed E-state index contributed by atoms with van der Waals surface area (Å²) in [5, 5.41) is 0. The van der Waals surface area contributed by atoms with E-state index in [0.717, 1.165) is 0 Å². The predicted molar refractivity (Wildman–Crippen MR) is 145 cm³/mol. The van der Waals surface area contributed by atoms with Crippen LogP contribution in [0.15, 0.2) is 112 Å². The van der Waals surface area contributed by atoms with Crippen LogP contribution in [0.1, 0.15) is 20.8 Å². The van der Waals surface area contributed by atoms with Gasteiger partial charge in [-0.1, -0.05) is 20.8 Å². The molecule has 0 unspecified atom stereocenters. The lowest BCUT2D eigenvalue weighted by Gasteiger charge is -2.13. The molecule has 0 amide bonds. The van der Waals surface area contributed by atoms with E-state index in [1.807, 2.05) is 0 Å². The maximum atomic E-state index is 3.67. The van der Waals surface area contributed by atoms with Crippen LogP contribution in [-0.2, 0) is 0 Å². The number of aromatic amines is 6. The average molecular weight is 510 g/mol. The molecule has 0 spiro atoms. The van der Waals surface area contributed by atoms with Crippen molar-refractivity contribution in [2.75, 3.05) is 19.6 Å². The molecule has 13 nitrogen and oxygen atoms in total. The van der Waals surface area contributed by atoms with Crippen LogP contribution in [0.5, 0.6) is 0 Å². The highest BCUT2D eigenvalue weighted by Gasteiger charge is 1.89. The third kappa shape index (κ3) is 27.3. The number of H-pyrrole nitrogens is 6. The minimum atomic E-state index is 1.19. The number of hydrogen-bond acceptors (Lipinski definition) is 7. The molecular weight excluding hydrogens is 470 g/mol. The molecule has 0 aliphatic carbocycles. The Kier molecular flexibility index (Phi) is 25.5. The zero-order chi connectivity index (χ0) is 26.9. The van der Waals surface area contributed by atoms with Crippen LogP contribution in [0, 0.1) is 0 Å². The fourth-order valence-electron chi connectivity index (χ4n) is 1.96. The van der Waals surface area contributed by atoms with Gasteiger partial charge in [0.05, 0.1) is 38.0 Å². The summed E-state index contributed by atoms with van der Waals surface area (Å²) in [5.74, 6) is 0. The number of imidazole rings is 6. The molecule has 0 atom stereocenters. The van der Waals surface area contributed by atoms with Crippen LogP contribution >= 0.6 is 0 Å². The van der Waals surface area contributed by atoms with E-state index in [1.54, 1.807) is 112 Å². The van der Waals surface area contributed by atoms with Gasteiger partial charge < -0.3 is 34.8 Å². The van der Waals surface area contributed by atoms with E-state index in [1.165, 1.54) is 19.6 Å². The molecule has 6 heterocycles. The summed E-state index contributed by atoms with van der Waals surface area (Å²) in [6, 6.07) is 0. The van der Waals surface area contributed by atoms with E-state index in [0.29, 0.717) is 0 Å². The topological polar surface area (TPSA) is 175 Å². The van der Waals surface area contributed by atoms with Crippen molar-refractivity contribution in [3.8, 4) is 0 Å². The van der Waals surface area contributed by atoms with Crippen molar-refractivity contribution in [3.05, 3.63) is 112 Å². The summed E-state index contributed by atoms with van der Waals surface area (Å²) in [4.78, 5) is 40.9. The summed E-state index contributed by atoms with van der Waals surface area (Å²) in [6.07, 6.45) is 30.5. The van der Waals surface area contributed by atoms with Gasteiger partial charge in [-0.3, -0.25) is 0 Å². The van der Waals surface area contributed by atoms with Crippen LogP contribution in [0.2, 0.25) is 0 Å². The Bertz CT molecular complexity index is 661. The van der Waals surface area contributed by atoms with Crippen LogP contribution in [0.3, 0.4) is 0 Å². The molecular formula is C24H39N13. The Morgan fingerprint density at radius 1 is 0.378 bits per heavy atom. The van der Waals surface area contributed by atoms with Gasteiger partial charge in [-0.2, -0.15) is 0 Å². The first-order valence-corrected chi connectivity index (χ1v) is 11.6. The summed E-state index contributed by atoms with van der Waals surface area (Å²) >= 11 is 0. The molecule has 0 aliphatic rings. The molecule has 13 heteroatoms. The Hall–Kier alpha value is -4.78. The zero-order valence-corrected chi connectivity index (χ0v) is 21.6. The molecule has 6 aromatic heterocycles. The molecule has 37 heavy (non-hydrogen) atoms. The van der Waals surface area contributed by atoms with E-state index < -0.39 is 0 Å². The second-order valence-electron chi connectivity index (χ2n) is 6.18. The number of nitrogens with zero attached hydrogens (tertiary/aromatic N) is 7. The molecule has 200 valence electrons. The summed E-state index contributed by atoms with van der Waals surface area (Å²) < 4.78 is 0. The van der Waals surface area contributed by atoms with Gasteiger partial charge in [0, 0.05) is 74.4 Å². The molecule has 6 aromatic rings. The minimum Gasteiger partial charge on any atom is -0.351 e. The minimum absolute atomic E-state index is 1.19. The van der Waals surface area contributed by atoms with Gasteiger partial charge in [-0.15, -0.1) is 0 Å². The Balaban J connectivity index is 0.000000409. The van der Waals surface area contributed by atoms with Gasteiger partial charge in [0.15, 0.2) is 0 Å². The molecule has 0 bridgehead atoms. The molecule has 0 aliphatic heterocycles. The SMILES string of the molecule is CCN(CC)CC.c1c[nH]cn1.c1c[nH]cn1.c1c[nH]cn1.c1c[nH]cn1.c1c[nH]cn1.c1c[nH]cn1. The van der Waals surface area contributed by atoms with Crippen LogP contribution in [-0.4, -0.2) is 84.3 Å². The lowest BCUT2D eigenvalue weighted by atomic mass is 10.5. The number of hydrogen-bond donors (Lipinski definition) is 6. The van der Waals surface area contributed by atoms with Crippen molar-refractivity contribution in [1.82, 2.24) is 64.7 Å². The maximum absolute atomic E-state index is 3.67. The fourth-order valence-corrected chi connectivity index (χ4v) is 1.96. The van der Waals surface area contributed by atoms with E-state index >= 15 is 0 Å². The average Bonchev–Trinajstić information content (AvgIpc) is 3.81. The molecule has 6 N–H and O–H groups in total. The maximum Gasteiger partial charge on any atom is 0.0919 e. The smallest absolute Gasteiger partial charge is 0.0919 e. The highest BCUT2D eigenvalue weighted by Crippen LogP contribution is 1.81. The fraction of sp³-hybridized carbons (Fsp3) is 0.250. The first-order chi connectivity index (χ1) is 18.3. The van der Waals surface area contributed by atoms with E-state index in [2.05, 4.69) is 85.5 Å². The third-order valence-corrected chi connectivity index (χ3v) is 3.78. The molecule has 0 fully saturated rings. The Labute approximate surface area is 217 Å². The number of nitrogens with one attached hydrogen (secondary N) is 6. The van der Waals surface area contributed by atoms with Crippen molar-refractivity contribution in [1.29, 1.82) is 0 Å². The standard InChI is InChI=1S/C6H15N.6C3H4N2/c1-4-7(5-2)6-3;6*1-2-5-3-4-1/h4-6H2,1-3H3;6*1-3H,(H,4,5). The second kappa shape index (κ2) is 29.3. The third-order valence-electron chi connectivity index (χ3n) is 3.78. The van der Waals surface area contributed by atoms with Crippen LogP contribution < -0.4 is 0 Å². The highest BCUT2D eigenvalue weighted by molar-refractivity contribution is 4.67. The first-order valence-electron chi connectivity index (χ1n) is 11.6. The van der Waals surface area contributed by atoms with Crippen LogP contribution in [0.25, 0.3) is 0 Å². The summed E-state index contributed by atoms with van der Waals surface area (Å²) in [5.41, 5.74) is 0. The van der Waals surface area contributed by atoms with Crippen molar-refractivity contribution < 1.29 is 0 Å². The lowest BCUT2D eigenvalue weighted by molar-refractivity contribution is 0.321. The molecule has 0 radical (unpaired) electrons. The highest BCUT2D eigenvalue weighted by atomic mass is 15.1. The zero-order valence-electron chi connectivity index (χ0n) is 21.6. The van der Waals surface area contributed by atoms with Crippen molar-refractivity contribution >= 4 is 0 Å². The quantitative estimate of drug-likeness (QED) is 0.210. The molecule has 0 aromatic carbocycles. The largest absolute Gasteiger partial charge is 0.351 e. The summed E-state index contributed by atoms with van der Waals surface area (Å²) in [6.45, 7) is 10.1. The van der Waals surface area contributed by atoms with Gasteiger partial charge in [-0.25, -0.2) is 29.9 Å². The van der Waals surface area contributed by atoms with Gasteiger partial charge in [0.1, 0.15) is 0 Å². The lowest BCUT2D eigenvalue weighted by Crippen LogP contribution is -2.21. The predicted octanol–water partition coefficient (Wildman–Crippen LogP) is 3.81. The Morgan fingerprint density at radius 3 is 0.595 bits per heavy atom. The van der Waals surface area contributed by atoms with E-state index in [-0.39, 0.29) is 0 Å².